The fraction of sp³-hybridized carbons (Fsp3) is 0.667. The number of rotatable bonds is 4. The lowest BCUT2D eigenvalue weighted by Gasteiger charge is -2.35. The second-order valence-electron chi connectivity index (χ2n) is 5.30. The second kappa shape index (κ2) is 6.19. The van der Waals surface area contributed by atoms with E-state index >= 15 is 0 Å². The Morgan fingerprint density at radius 3 is 2.94 bits per heavy atom. The Hall–Kier alpha value is -1.09. The average Bonchev–Trinajstić information content (AvgIpc) is 2.38. The Labute approximate surface area is 111 Å². The van der Waals surface area contributed by atoms with Gasteiger partial charge >= 0.3 is 0 Å². The van der Waals surface area contributed by atoms with Crippen molar-refractivity contribution >= 4 is 5.82 Å². The van der Waals surface area contributed by atoms with Gasteiger partial charge in [-0.2, -0.15) is 0 Å². The Kier molecular flexibility index (Phi) is 4.59. The minimum atomic E-state index is 0.629. The first-order chi connectivity index (χ1) is 8.72. The van der Waals surface area contributed by atoms with Crippen LogP contribution in [0.1, 0.15) is 44.2 Å². The number of pyridine rings is 1. The Morgan fingerprint density at radius 1 is 1.44 bits per heavy atom. The molecule has 1 saturated heterocycles. The van der Waals surface area contributed by atoms with Crippen LogP contribution >= 0.6 is 0 Å². The molecule has 18 heavy (non-hydrogen) atoms. The van der Waals surface area contributed by atoms with Crippen LogP contribution in [-0.4, -0.2) is 24.1 Å². The molecular weight excluding hydrogens is 222 g/mol. The summed E-state index contributed by atoms with van der Waals surface area (Å²) in [7, 11) is 0. The van der Waals surface area contributed by atoms with Crippen molar-refractivity contribution in [3.63, 3.8) is 0 Å². The highest BCUT2D eigenvalue weighted by molar-refractivity contribution is 5.48. The molecule has 0 amide bonds. The molecule has 0 radical (unpaired) electrons. The van der Waals surface area contributed by atoms with Crippen molar-refractivity contribution in [2.24, 2.45) is 0 Å². The zero-order valence-corrected chi connectivity index (χ0v) is 11.9. The summed E-state index contributed by atoms with van der Waals surface area (Å²) >= 11 is 0. The first-order valence-corrected chi connectivity index (χ1v) is 7.15. The highest BCUT2D eigenvalue weighted by Crippen LogP contribution is 2.25. The molecule has 1 N–H and O–H groups in total. The third kappa shape index (κ3) is 3.02. The van der Waals surface area contributed by atoms with Crippen LogP contribution in [0.2, 0.25) is 0 Å². The lowest BCUT2D eigenvalue weighted by atomic mass is 10.0. The highest BCUT2D eigenvalue weighted by atomic mass is 15.2. The van der Waals surface area contributed by atoms with E-state index in [2.05, 4.69) is 37.1 Å². The number of piperidine rings is 1. The van der Waals surface area contributed by atoms with Gasteiger partial charge in [-0.05, 0) is 56.8 Å². The molecule has 1 fully saturated rings. The van der Waals surface area contributed by atoms with E-state index in [1.807, 2.05) is 6.20 Å². The number of hydrogen-bond acceptors (Lipinski definition) is 3. The molecule has 3 nitrogen and oxygen atoms in total. The fourth-order valence-corrected chi connectivity index (χ4v) is 2.71. The summed E-state index contributed by atoms with van der Waals surface area (Å²) in [6.45, 7) is 9.70. The normalized spacial score (nSPS) is 20.2. The number of hydrogen-bond donors (Lipinski definition) is 1. The van der Waals surface area contributed by atoms with Crippen molar-refractivity contribution < 1.29 is 0 Å². The molecule has 2 heterocycles. The summed E-state index contributed by atoms with van der Waals surface area (Å²) in [5, 5.41) is 3.35. The van der Waals surface area contributed by atoms with E-state index in [0.29, 0.717) is 6.04 Å². The molecule has 0 aromatic carbocycles. The van der Waals surface area contributed by atoms with Gasteiger partial charge in [0, 0.05) is 25.3 Å². The van der Waals surface area contributed by atoms with Crippen LogP contribution in [0.5, 0.6) is 0 Å². The largest absolute Gasteiger partial charge is 0.354 e. The van der Waals surface area contributed by atoms with Gasteiger partial charge in [0.15, 0.2) is 0 Å². The third-order valence-corrected chi connectivity index (χ3v) is 3.76. The summed E-state index contributed by atoms with van der Waals surface area (Å²) in [4.78, 5) is 7.16. The molecule has 0 saturated carbocycles. The summed E-state index contributed by atoms with van der Waals surface area (Å²) in [5.41, 5.74) is 2.59. The smallest absolute Gasteiger partial charge is 0.131 e. The molecule has 1 aliphatic heterocycles. The van der Waals surface area contributed by atoms with Crippen LogP contribution in [0.15, 0.2) is 12.3 Å². The van der Waals surface area contributed by atoms with Crippen molar-refractivity contribution in [3.8, 4) is 0 Å². The number of nitrogens with zero attached hydrogens (tertiary/aromatic N) is 2. The Morgan fingerprint density at radius 2 is 2.28 bits per heavy atom. The maximum absolute atomic E-state index is 4.69. The topological polar surface area (TPSA) is 28.2 Å². The minimum absolute atomic E-state index is 0.629. The summed E-state index contributed by atoms with van der Waals surface area (Å²) in [6, 6.07) is 2.90. The van der Waals surface area contributed by atoms with Crippen LogP contribution in [0, 0.1) is 6.92 Å². The maximum atomic E-state index is 4.69. The van der Waals surface area contributed by atoms with Crippen LogP contribution in [0.4, 0.5) is 5.82 Å². The van der Waals surface area contributed by atoms with Gasteiger partial charge in [0.25, 0.3) is 0 Å². The van der Waals surface area contributed by atoms with Crippen LogP contribution in [-0.2, 0) is 6.54 Å². The molecule has 1 atom stereocenters. The molecule has 0 spiro atoms. The van der Waals surface area contributed by atoms with Crippen molar-refractivity contribution in [2.75, 3.05) is 18.0 Å². The lowest BCUT2D eigenvalue weighted by Crippen LogP contribution is -2.38. The highest BCUT2D eigenvalue weighted by Gasteiger charge is 2.20. The lowest BCUT2D eigenvalue weighted by molar-refractivity contribution is 0.480. The molecule has 0 bridgehead atoms. The molecule has 1 aromatic rings. The standard InChI is InChI=1S/C15H25N3/c1-4-16-10-14-9-12(2)15(17-11-14)18-8-6-5-7-13(18)3/h9,11,13,16H,4-8,10H2,1-3H3. The van der Waals surface area contributed by atoms with Gasteiger partial charge in [-0.1, -0.05) is 6.92 Å². The van der Waals surface area contributed by atoms with E-state index in [1.54, 1.807) is 0 Å². The van der Waals surface area contributed by atoms with E-state index in [0.717, 1.165) is 19.6 Å². The summed E-state index contributed by atoms with van der Waals surface area (Å²) in [6.07, 6.45) is 5.96. The van der Waals surface area contributed by atoms with Crippen molar-refractivity contribution in [1.29, 1.82) is 0 Å². The number of anilines is 1. The molecule has 100 valence electrons. The SMILES string of the molecule is CCNCc1cnc(N2CCCCC2C)c(C)c1. The van der Waals surface area contributed by atoms with E-state index < -0.39 is 0 Å². The van der Waals surface area contributed by atoms with Gasteiger partial charge in [0.05, 0.1) is 0 Å². The van der Waals surface area contributed by atoms with Crippen LogP contribution in [0.25, 0.3) is 0 Å². The zero-order valence-electron chi connectivity index (χ0n) is 11.9. The van der Waals surface area contributed by atoms with Crippen molar-refractivity contribution in [2.45, 2.75) is 52.6 Å². The van der Waals surface area contributed by atoms with Crippen molar-refractivity contribution in [3.05, 3.63) is 23.4 Å². The maximum Gasteiger partial charge on any atom is 0.131 e. The number of nitrogens with one attached hydrogen (secondary N) is 1. The van der Waals surface area contributed by atoms with E-state index in [4.69, 9.17) is 4.98 Å². The van der Waals surface area contributed by atoms with Crippen LogP contribution in [0.3, 0.4) is 0 Å². The van der Waals surface area contributed by atoms with Crippen LogP contribution < -0.4 is 10.2 Å². The molecule has 1 unspecified atom stereocenters. The first kappa shape index (κ1) is 13.3. The third-order valence-electron chi connectivity index (χ3n) is 3.76. The van der Waals surface area contributed by atoms with Gasteiger partial charge in [-0.3, -0.25) is 0 Å². The van der Waals surface area contributed by atoms with E-state index in [9.17, 15) is 0 Å². The quantitative estimate of drug-likeness (QED) is 0.886. The van der Waals surface area contributed by atoms with Gasteiger partial charge < -0.3 is 10.2 Å². The van der Waals surface area contributed by atoms with Gasteiger partial charge in [0.1, 0.15) is 5.82 Å². The molecule has 0 aliphatic carbocycles. The molecule has 2 rings (SSSR count). The predicted molar refractivity (Wildman–Crippen MR) is 77.0 cm³/mol. The average molecular weight is 247 g/mol. The monoisotopic (exact) mass is 247 g/mol. The predicted octanol–water partition coefficient (Wildman–Crippen LogP) is 2.88. The molecular formula is C15H25N3. The summed E-state index contributed by atoms with van der Waals surface area (Å²) in [5.74, 6) is 1.18. The number of aromatic nitrogens is 1. The molecule has 1 aliphatic rings. The zero-order chi connectivity index (χ0) is 13.0. The van der Waals surface area contributed by atoms with E-state index in [-0.39, 0.29) is 0 Å². The Balaban J connectivity index is 2.13. The molecule has 1 aromatic heterocycles. The van der Waals surface area contributed by atoms with E-state index in [1.165, 1.54) is 36.2 Å². The van der Waals surface area contributed by atoms with Gasteiger partial charge in [-0.15, -0.1) is 0 Å². The summed E-state index contributed by atoms with van der Waals surface area (Å²) < 4.78 is 0. The van der Waals surface area contributed by atoms with Crippen molar-refractivity contribution in [1.82, 2.24) is 10.3 Å². The fourth-order valence-electron chi connectivity index (χ4n) is 2.71. The molecule has 3 heteroatoms. The second-order valence-corrected chi connectivity index (χ2v) is 5.30. The van der Waals surface area contributed by atoms with Gasteiger partial charge in [-0.25, -0.2) is 4.98 Å². The number of aryl methyl sites for hydroxylation is 1. The Bertz CT molecular complexity index is 389. The van der Waals surface area contributed by atoms with Gasteiger partial charge in [0.2, 0.25) is 0 Å². The first-order valence-electron chi connectivity index (χ1n) is 7.15. The minimum Gasteiger partial charge on any atom is -0.354 e.